The van der Waals surface area contributed by atoms with Crippen LogP contribution >= 0.6 is 0 Å². The van der Waals surface area contributed by atoms with E-state index in [1.165, 1.54) is 17.5 Å². The standard InChI is InChI=1S/C24H30N6O/c1-24(2)8-6-17(7-9-24)20-14-19(30-12-10-29(3)11-13-30)4-5-21(20)28-23(31)22-26-16-18(15-25)27-22/h4-6,14,16H,7-13H2,1-3H3,(H,26,27)(H,28,31). The Morgan fingerprint density at radius 2 is 2.03 bits per heavy atom. The summed E-state index contributed by atoms with van der Waals surface area (Å²) in [5.41, 5.74) is 4.84. The zero-order valence-corrected chi connectivity index (χ0v) is 18.5. The van der Waals surface area contributed by atoms with Crippen LogP contribution in [0.4, 0.5) is 11.4 Å². The first kappa shape index (κ1) is 21.1. The number of carbonyl (C=O) groups is 1. The van der Waals surface area contributed by atoms with Gasteiger partial charge in [-0.3, -0.25) is 4.79 Å². The summed E-state index contributed by atoms with van der Waals surface area (Å²) in [6.07, 6.45) is 6.90. The fraction of sp³-hybridized carbons (Fsp3) is 0.458. The van der Waals surface area contributed by atoms with Crippen molar-refractivity contribution < 1.29 is 4.79 Å². The van der Waals surface area contributed by atoms with E-state index in [1.807, 2.05) is 12.1 Å². The van der Waals surface area contributed by atoms with Crippen molar-refractivity contribution in [3.05, 3.63) is 47.6 Å². The molecule has 1 aromatic heterocycles. The van der Waals surface area contributed by atoms with Crippen LogP contribution in [0, 0.1) is 16.7 Å². The number of aromatic nitrogens is 2. The zero-order chi connectivity index (χ0) is 22.0. The van der Waals surface area contributed by atoms with Gasteiger partial charge in [0.25, 0.3) is 5.91 Å². The van der Waals surface area contributed by atoms with Crippen molar-refractivity contribution in [3.63, 3.8) is 0 Å². The molecule has 1 saturated heterocycles. The number of nitrogens with zero attached hydrogens (tertiary/aromatic N) is 4. The van der Waals surface area contributed by atoms with Gasteiger partial charge >= 0.3 is 0 Å². The number of hydrogen-bond acceptors (Lipinski definition) is 5. The normalized spacial score (nSPS) is 18.9. The molecule has 0 saturated carbocycles. The number of anilines is 2. The molecule has 2 aromatic rings. The quantitative estimate of drug-likeness (QED) is 0.787. The lowest BCUT2D eigenvalue weighted by molar-refractivity contribution is 0.101. The van der Waals surface area contributed by atoms with E-state index in [0.717, 1.165) is 56.7 Å². The zero-order valence-electron chi connectivity index (χ0n) is 18.5. The maximum Gasteiger partial charge on any atom is 0.291 e. The lowest BCUT2D eigenvalue weighted by Crippen LogP contribution is -2.44. The van der Waals surface area contributed by atoms with E-state index in [-0.39, 0.29) is 17.4 Å². The number of nitrogens with one attached hydrogen (secondary N) is 2. The molecule has 162 valence electrons. The fourth-order valence-corrected chi connectivity index (χ4v) is 4.17. The summed E-state index contributed by atoms with van der Waals surface area (Å²) in [6.45, 7) is 8.68. The number of piperazine rings is 1. The predicted octanol–water partition coefficient (Wildman–Crippen LogP) is 3.88. The molecule has 4 rings (SSSR count). The summed E-state index contributed by atoms with van der Waals surface area (Å²) in [5, 5.41) is 12.0. The van der Waals surface area contributed by atoms with Gasteiger partial charge in [0.05, 0.1) is 0 Å². The fourth-order valence-electron chi connectivity index (χ4n) is 4.17. The van der Waals surface area contributed by atoms with Crippen molar-refractivity contribution in [1.82, 2.24) is 14.9 Å². The van der Waals surface area contributed by atoms with Gasteiger partial charge in [-0.15, -0.1) is 0 Å². The first-order valence-corrected chi connectivity index (χ1v) is 10.9. The minimum atomic E-state index is -0.341. The highest BCUT2D eigenvalue weighted by atomic mass is 16.2. The Balaban J connectivity index is 1.64. The van der Waals surface area contributed by atoms with E-state index >= 15 is 0 Å². The van der Waals surface area contributed by atoms with E-state index in [2.05, 4.69) is 64.2 Å². The lowest BCUT2D eigenvalue weighted by Gasteiger charge is -2.35. The van der Waals surface area contributed by atoms with Crippen LogP contribution in [0.5, 0.6) is 0 Å². The second kappa shape index (κ2) is 8.56. The number of carbonyl (C=O) groups excluding carboxylic acids is 1. The van der Waals surface area contributed by atoms with E-state index < -0.39 is 0 Å². The smallest absolute Gasteiger partial charge is 0.291 e. The summed E-state index contributed by atoms with van der Waals surface area (Å²) >= 11 is 0. The number of rotatable bonds is 4. The number of hydrogen-bond donors (Lipinski definition) is 2. The number of aromatic amines is 1. The first-order valence-electron chi connectivity index (χ1n) is 10.9. The Bertz CT molecular complexity index is 1040. The molecule has 7 nitrogen and oxygen atoms in total. The van der Waals surface area contributed by atoms with Crippen molar-refractivity contribution in [2.45, 2.75) is 33.1 Å². The highest BCUT2D eigenvalue weighted by Crippen LogP contribution is 2.41. The maximum atomic E-state index is 12.8. The molecule has 0 atom stereocenters. The van der Waals surface area contributed by atoms with Crippen LogP contribution in [0.2, 0.25) is 0 Å². The Hall–Kier alpha value is -3.11. The van der Waals surface area contributed by atoms with Crippen molar-refractivity contribution >= 4 is 22.9 Å². The number of amides is 1. The van der Waals surface area contributed by atoms with Gasteiger partial charge < -0.3 is 20.1 Å². The third-order valence-electron chi connectivity index (χ3n) is 6.35. The van der Waals surface area contributed by atoms with Gasteiger partial charge in [-0.05, 0) is 55.5 Å². The molecule has 1 fully saturated rings. The number of imidazole rings is 1. The number of H-pyrrole nitrogens is 1. The predicted molar refractivity (Wildman–Crippen MR) is 123 cm³/mol. The van der Waals surface area contributed by atoms with Crippen molar-refractivity contribution in [2.24, 2.45) is 5.41 Å². The first-order chi connectivity index (χ1) is 14.8. The molecule has 1 amide bonds. The van der Waals surface area contributed by atoms with Crippen LogP contribution in [-0.4, -0.2) is 54.0 Å². The van der Waals surface area contributed by atoms with Crippen LogP contribution in [-0.2, 0) is 0 Å². The van der Waals surface area contributed by atoms with Crippen LogP contribution < -0.4 is 10.2 Å². The van der Waals surface area contributed by atoms with Crippen molar-refractivity contribution in [1.29, 1.82) is 5.26 Å². The molecule has 7 heteroatoms. The monoisotopic (exact) mass is 418 g/mol. The summed E-state index contributed by atoms with van der Waals surface area (Å²) < 4.78 is 0. The molecule has 1 aliphatic heterocycles. The van der Waals surface area contributed by atoms with Gasteiger partial charge in [0, 0.05) is 49.3 Å². The molecule has 0 spiro atoms. The minimum absolute atomic E-state index is 0.143. The average Bonchev–Trinajstić information content (AvgIpc) is 3.24. The molecule has 1 aliphatic carbocycles. The van der Waals surface area contributed by atoms with Crippen molar-refractivity contribution in [3.8, 4) is 6.07 Å². The topological polar surface area (TPSA) is 88.0 Å². The van der Waals surface area contributed by atoms with E-state index in [1.54, 1.807) is 0 Å². The minimum Gasteiger partial charge on any atom is -0.369 e. The summed E-state index contributed by atoms with van der Waals surface area (Å²) in [4.78, 5) is 24.3. The summed E-state index contributed by atoms with van der Waals surface area (Å²) in [6, 6.07) is 8.24. The molecule has 0 radical (unpaired) electrons. The highest BCUT2D eigenvalue weighted by molar-refractivity contribution is 6.03. The Labute approximate surface area is 183 Å². The molecule has 2 N–H and O–H groups in total. The lowest BCUT2D eigenvalue weighted by atomic mass is 9.77. The Morgan fingerprint density at radius 3 is 2.68 bits per heavy atom. The van der Waals surface area contributed by atoms with E-state index in [9.17, 15) is 4.79 Å². The molecule has 2 aliphatic rings. The largest absolute Gasteiger partial charge is 0.369 e. The van der Waals surface area contributed by atoms with Crippen LogP contribution in [0.25, 0.3) is 5.57 Å². The van der Waals surface area contributed by atoms with Crippen LogP contribution in [0.3, 0.4) is 0 Å². The van der Waals surface area contributed by atoms with Gasteiger partial charge in [-0.2, -0.15) is 5.26 Å². The molecular formula is C24H30N6O. The van der Waals surface area contributed by atoms with Crippen LogP contribution in [0.1, 0.15) is 55.0 Å². The third kappa shape index (κ3) is 4.80. The average molecular weight is 419 g/mol. The second-order valence-corrected chi connectivity index (χ2v) is 9.32. The number of nitriles is 1. The van der Waals surface area contributed by atoms with E-state index in [4.69, 9.17) is 5.26 Å². The molecule has 0 bridgehead atoms. The third-order valence-corrected chi connectivity index (χ3v) is 6.35. The Morgan fingerprint density at radius 1 is 1.26 bits per heavy atom. The van der Waals surface area contributed by atoms with Gasteiger partial charge in [0.15, 0.2) is 11.5 Å². The van der Waals surface area contributed by atoms with Gasteiger partial charge in [-0.1, -0.05) is 19.9 Å². The van der Waals surface area contributed by atoms with Gasteiger partial charge in [0.2, 0.25) is 0 Å². The molecule has 31 heavy (non-hydrogen) atoms. The highest BCUT2D eigenvalue weighted by Gasteiger charge is 2.25. The number of benzene rings is 1. The van der Waals surface area contributed by atoms with Gasteiger partial charge in [-0.25, -0.2) is 4.98 Å². The SMILES string of the molecule is CN1CCN(c2ccc(NC(=O)c3nc(C#N)c[nH]3)c(C3=CCC(C)(C)CC3)c2)CC1. The summed E-state index contributed by atoms with van der Waals surface area (Å²) in [5.74, 6) is -0.198. The molecule has 1 aromatic carbocycles. The number of likely N-dealkylation sites (N-methyl/N-ethyl adjacent to an activating group) is 1. The van der Waals surface area contributed by atoms with E-state index in [0.29, 0.717) is 5.41 Å². The summed E-state index contributed by atoms with van der Waals surface area (Å²) in [7, 11) is 2.16. The van der Waals surface area contributed by atoms with Crippen LogP contribution in [0.15, 0.2) is 30.5 Å². The molecule has 0 unspecified atom stereocenters. The van der Waals surface area contributed by atoms with Crippen molar-refractivity contribution in [2.75, 3.05) is 43.4 Å². The molecule has 2 heterocycles. The maximum absolute atomic E-state index is 12.8. The second-order valence-electron chi connectivity index (χ2n) is 9.32. The number of allylic oxidation sites excluding steroid dienone is 2. The van der Waals surface area contributed by atoms with Gasteiger partial charge in [0.1, 0.15) is 6.07 Å². The Kier molecular flexibility index (Phi) is 5.84. The molecular weight excluding hydrogens is 388 g/mol.